The Morgan fingerprint density at radius 2 is 1.60 bits per heavy atom. The van der Waals surface area contributed by atoms with Crippen LogP contribution in [0.1, 0.15) is 41.9 Å². The third kappa shape index (κ3) is 5.16. The van der Waals surface area contributed by atoms with E-state index in [1.165, 1.54) is 11.1 Å². The van der Waals surface area contributed by atoms with Gasteiger partial charge in [0.1, 0.15) is 0 Å². The number of amides is 1. The monoisotopic (exact) mass is 404 g/mol. The molecule has 0 aliphatic heterocycles. The standard InChI is InChI=1S/C25H32N4O/c1-5-28(6-2)18-22-13-11-10-12-21(22)17-26-25(30)16-24-19(3)27-29(20(24)4)23-14-8-7-9-15-23/h7-15H,5-6,16-18H2,1-4H3,(H,26,30). The average Bonchev–Trinajstić information content (AvgIpc) is 3.05. The smallest absolute Gasteiger partial charge is 0.224 e. The molecule has 0 fully saturated rings. The summed E-state index contributed by atoms with van der Waals surface area (Å²) >= 11 is 0. The number of aromatic nitrogens is 2. The van der Waals surface area contributed by atoms with E-state index in [1.54, 1.807) is 0 Å². The molecule has 1 aromatic heterocycles. The zero-order valence-corrected chi connectivity index (χ0v) is 18.5. The molecular weight excluding hydrogens is 372 g/mol. The van der Waals surface area contributed by atoms with Crippen molar-refractivity contribution in [3.05, 3.63) is 82.7 Å². The highest BCUT2D eigenvalue weighted by molar-refractivity contribution is 5.79. The minimum atomic E-state index is 0.0199. The summed E-state index contributed by atoms with van der Waals surface area (Å²) in [5, 5.41) is 7.75. The molecule has 2 aromatic carbocycles. The van der Waals surface area contributed by atoms with E-state index in [9.17, 15) is 4.79 Å². The molecule has 0 saturated heterocycles. The Hall–Kier alpha value is -2.92. The molecule has 0 unspecified atom stereocenters. The van der Waals surface area contributed by atoms with Crippen molar-refractivity contribution in [3.63, 3.8) is 0 Å². The number of nitrogens with zero attached hydrogens (tertiary/aromatic N) is 3. The second-order valence-corrected chi connectivity index (χ2v) is 7.58. The first-order valence-corrected chi connectivity index (χ1v) is 10.7. The lowest BCUT2D eigenvalue weighted by atomic mass is 10.1. The molecule has 3 rings (SSSR count). The number of hydrogen-bond donors (Lipinski definition) is 1. The van der Waals surface area contributed by atoms with Gasteiger partial charge < -0.3 is 5.32 Å². The molecule has 5 nitrogen and oxygen atoms in total. The van der Waals surface area contributed by atoms with Crippen LogP contribution in [0, 0.1) is 13.8 Å². The first kappa shape index (κ1) is 21.8. The van der Waals surface area contributed by atoms with Crippen molar-refractivity contribution >= 4 is 5.91 Å². The fourth-order valence-electron chi connectivity index (χ4n) is 3.74. The topological polar surface area (TPSA) is 50.2 Å². The fourth-order valence-corrected chi connectivity index (χ4v) is 3.74. The van der Waals surface area contributed by atoms with Gasteiger partial charge in [0.05, 0.1) is 17.8 Å². The van der Waals surface area contributed by atoms with Gasteiger partial charge >= 0.3 is 0 Å². The van der Waals surface area contributed by atoms with Gasteiger partial charge in [0.25, 0.3) is 0 Å². The number of nitrogens with one attached hydrogen (secondary N) is 1. The van der Waals surface area contributed by atoms with Crippen molar-refractivity contribution in [2.75, 3.05) is 13.1 Å². The van der Waals surface area contributed by atoms with Gasteiger partial charge in [-0.05, 0) is 50.2 Å². The predicted octanol–water partition coefficient (Wildman–Crippen LogP) is 4.19. The Balaban J connectivity index is 1.67. The maximum absolute atomic E-state index is 12.7. The molecule has 0 atom stereocenters. The summed E-state index contributed by atoms with van der Waals surface area (Å²) in [5.74, 6) is 0.0199. The number of rotatable bonds is 9. The first-order chi connectivity index (χ1) is 14.5. The van der Waals surface area contributed by atoms with E-state index < -0.39 is 0 Å². The van der Waals surface area contributed by atoms with E-state index in [4.69, 9.17) is 0 Å². The minimum absolute atomic E-state index is 0.0199. The summed E-state index contributed by atoms with van der Waals surface area (Å²) < 4.78 is 1.91. The van der Waals surface area contributed by atoms with Crippen molar-refractivity contribution in [3.8, 4) is 5.69 Å². The highest BCUT2D eigenvalue weighted by Crippen LogP contribution is 2.18. The number of aryl methyl sites for hydroxylation is 1. The molecule has 0 saturated carbocycles. The second-order valence-electron chi connectivity index (χ2n) is 7.58. The minimum Gasteiger partial charge on any atom is -0.352 e. The third-order valence-corrected chi connectivity index (χ3v) is 5.66. The van der Waals surface area contributed by atoms with Gasteiger partial charge in [-0.3, -0.25) is 9.69 Å². The van der Waals surface area contributed by atoms with Gasteiger partial charge in [-0.1, -0.05) is 56.3 Å². The SMILES string of the molecule is CCN(CC)Cc1ccccc1CNC(=O)Cc1c(C)nn(-c2ccccc2)c1C. The van der Waals surface area contributed by atoms with Crippen LogP contribution in [-0.2, 0) is 24.3 Å². The summed E-state index contributed by atoms with van der Waals surface area (Å²) in [6.07, 6.45) is 0.336. The second kappa shape index (κ2) is 10.2. The maximum atomic E-state index is 12.7. The Morgan fingerprint density at radius 1 is 0.967 bits per heavy atom. The van der Waals surface area contributed by atoms with E-state index in [0.717, 1.165) is 42.3 Å². The Kier molecular flexibility index (Phi) is 7.41. The molecule has 1 N–H and O–H groups in total. The zero-order valence-electron chi connectivity index (χ0n) is 18.5. The zero-order chi connectivity index (χ0) is 21.5. The van der Waals surface area contributed by atoms with E-state index in [2.05, 4.69) is 47.4 Å². The van der Waals surface area contributed by atoms with E-state index >= 15 is 0 Å². The van der Waals surface area contributed by atoms with Gasteiger partial charge in [-0.25, -0.2) is 4.68 Å². The molecule has 5 heteroatoms. The average molecular weight is 405 g/mol. The van der Waals surface area contributed by atoms with Crippen LogP contribution in [0.3, 0.4) is 0 Å². The Labute approximate surface area is 179 Å². The van der Waals surface area contributed by atoms with Crippen LogP contribution in [0.2, 0.25) is 0 Å². The molecule has 0 radical (unpaired) electrons. The van der Waals surface area contributed by atoms with Crippen molar-refractivity contribution < 1.29 is 4.79 Å². The lowest BCUT2D eigenvalue weighted by Crippen LogP contribution is -2.27. The number of para-hydroxylation sites is 1. The quantitative estimate of drug-likeness (QED) is 0.582. The number of carbonyl (C=O) groups is 1. The van der Waals surface area contributed by atoms with Crippen LogP contribution in [-0.4, -0.2) is 33.7 Å². The van der Waals surface area contributed by atoms with Crippen LogP contribution in [0.5, 0.6) is 0 Å². The molecule has 0 aliphatic rings. The summed E-state index contributed by atoms with van der Waals surface area (Å²) in [6.45, 7) is 11.8. The third-order valence-electron chi connectivity index (χ3n) is 5.66. The molecule has 0 bridgehead atoms. The number of carbonyl (C=O) groups excluding carboxylic acids is 1. The van der Waals surface area contributed by atoms with Gasteiger partial charge in [-0.15, -0.1) is 0 Å². The van der Waals surface area contributed by atoms with E-state index in [-0.39, 0.29) is 5.91 Å². The van der Waals surface area contributed by atoms with E-state index in [0.29, 0.717) is 13.0 Å². The van der Waals surface area contributed by atoms with Gasteiger partial charge in [0.15, 0.2) is 0 Å². The molecule has 1 amide bonds. The summed E-state index contributed by atoms with van der Waals surface area (Å²) in [4.78, 5) is 15.1. The molecule has 3 aromatic rings. The van der Waals surface area contributed by atoms with Gasteiger partial charge in [0, 0.05) is 24.3 Å². The normalized spacial score (nSPS) is 11.1. The van der Waals surface area contributed by atoms with Crippen molar-refractivity contribution in [1.82, 2.24) is 20.0 Å². The molecule has 30 heavy (non-hydrogen) atoms. The van der Waals surface area contributed by atoms with Crippen molar-refractivity contribution in [2.45, 2.75) is 47.2 Å². The summed E-state index contributed by atoms with van der Waals surface area (Å²) in [7, 11) is 0. The lowest BCUT2D eigenvalue weighted by Gasteiger charge is -2.20. The molecule has 158 valence electrons. The summed E-state index contributed by atoms with van der Waals surface area (Å²) in [5.41, 5.74) is 6.35. The van der Waals surface area contributed by atoms with Crippen LogP contribution in [0.4, 0.5) is 0 Å². The molecule has 0 aliphatic carbocycles. The summed E-state index contributed by atoms with van der Waals surface area (Å²) in [6, 6.07) is 18.4. The van der Waals surface area contributed by atoms with Gasteiger partial charge in [0.2, 0.25) is 5.91 Å². The van der Waals surface area contributed by atoms with Crippen LogP contribution >= 0.6 is 0 Å². The van der Waals surface area contributed by atoms with Crippen LogP contribution in [0.25, 0.3) is 5.69 Å². The maximum Gasteiger partial charge on any atom is 0.224 e. The Bertz CT molecular complexity index is 974. The predicted molar refractivity (Wildman–Crippen MR) is 122 cm³/mol. The van der Waals surface area contributed by atoms with Crippen molar-refractivity contribution in [1.29, 1.82) is 0 Å². The fraction of sp³-hybridized carbons (Fsp3) is 0.360. The molecule has 1 heterocycles. The molecular formula is C25H32N4O. The lowest BCUT2D eigenvalue weighted by molar-refractivity contribution is -0.120. The first-order valence-electron chi connectivity index (χ1n) is 10.7. The van der Waals surface area contributed by atoms with Gasteiger partial charge in [-0.2, -0.15) is 5.10 Å². The molecule has 0 spiro atoms. The van der Waals surface area contributed by atoms with E-state index in [1.807, 2.05) is 54.9 Å². The highest BCUT2D eigenvalue weighted by Gasteiger charge is 2.16. The van der Waals surface area contributed by atoms with Crippen LogP contribution < -0.4 is 5.32 Å². The number of benzene rings is 2. The van der Waals surface area contributed by atoms with Crippen molar-refractivity contribution in [2.24, 2.45) is 0 Å². The number of hydrogen-bond acceptors (Lipinski definition) is 3. The largest absolute Gasteiger partial charge is 0.352 e. The Morgan fingerprint density at radius 3 is 2.27 bits per heavy atom. The highest BCUT2D eigenvalue weighted by atomic mass is 16.1. The van der Waals surface area contributed by atoms with Crippen LogP contribution in [0.15, 0.2) is 54.6 Å².